The quantitative estimate of drug-likeness (QED) is 0.145. The van der Waals surface area contributed by atoms with Crippen LogP contribution in [0.5, 0.6) is 0 Å². The van der Waals surface area contributed by atoms with Crippen LogP contribution < -0.4 is 10.9 Å². The van der Waals surface area contributed by atoms with Gasteiger partial charge in [0.25, 0.3) is 0 Å². The lowest BCUT2D eigenvalue weighted by Crippen LogP contribution is -2.36. The van der Waals surface area contributed by atoms with Gasteiger partial charge in [0, 0.05) is 0 Å². The van der Waals surface area contributed by atoms with Crippen LogP contribution in [0.15, 0.2) is 109 Å². The molecular formula is C34H26B2O12. The number of carboxylic acids is 4. The molecular weight excluding hydrogens is 622 g/mol. The summed E-state index contributed by atoms with van der Waals surface area (Å²) in [4.78, 5) is 46.4. The number of carboxylic acid groups (broad SMARTS) is 4. The maximum absolute atomic E-state index is 11.6. The summed E-state index contributed by atoms with van der Waals surface area (Å²) < 4.78 is 21.8. The molecule has 0 aromatic heterocycles. The van der Waals surface area contributed by atoms with Gasteiger partial charge in [-0.15, -0.1) is 0 Å². The zero-order chi connectivity index (χ0) is 33.9. The average Bonchev–Trinajstić information content (AvgIpc) is 3.75. The van der Waals surface area contributed by atoms with Crippen molar-refractivity contribution in [2.75, 3.05) is 0 Å². The van der Waals surface area contributed by atoms with Crippen LogP contribution in [0.4, 0.5) is 0 Å². The molecule has 0 saturated carbocycles. The molecule has 0 aliphatic carbocycles. The molecule has 2 saturated heterocycles. The summed E-state index contributed by atoms with van der Waals surface area (Å²) in [6, 6.07) is 33.2. The van der Waals surface area contributed by atoms with Crippen molar-refractivity contribution < 1.29 is 58.2 Å². The first-order valence-electron chi connectivity index (χ1n) is 14.7. The van der Waals surface area contributed by atoms with E-state index >= 15 is 0 Å². The highest BCUT2D eigenvalue weighted by atomic mass is 16.7. The van der Waals surface area contributed by atoms with Crippen LogP contribution in [-0.4, -0.2) is 83.0 Å². The molecule has 4 aromatic carbocycles. The second-order valence-corrected chi connectivity index (χ2v) is 11.0. The topological polar surface area (TPSA) is 186 Å². The Morgan fingerprint density at radius 1 is 0.396 bits per heavy atom. The molecule has 4 N–H and O–H groups in total. The first-order valence-corrected chi connectivity index (χ1v) is 14.7. The molecule has 0 amide bonds. The molecule has 48 heavy (non-hydrogen) atoms. The van der Waals surface area contributed by atoms with Crippen LogP contribution in [0.2, 0.25) is 0 Å². The number of hydrogen-bond acceptors (Lipinski definition) is 8. The van der Waals surface area contributed by atoms with Crippen molar-refractivity contribution in [1.82, 2.24) is 0 Å². The van der Waals surface area contributed by atoms with Crippen LogP contribution in [0.25, 0.3) is 11.1 Å². The van der Waals surface area contributed by atoms with E-state index in [1.807, 2.05) is 60.7 Å². The maximum atomic E-state index is 11.6. The highest BCUT2D eigenvalue weighted by Gasteiger charge is 2.49. The Balaban J connectivity index is 1.43. The molecule has 2 aliphatic rings. The third-order valence-electron chi connectivity index (χ3n) is 7.92. The van der Waals surface area contributed by atoms with E-state index in [1.165, 1.54) is 0 Å². The van der Waals surface area contributed by atoms with Gasteiger partial charge in [-0.3, -0.25) is 0 Å². The van der Waals surface area contributed by atoms with E-state index in [9.17, 15) is 39.6 Å². The number of aliphatic carboxylic acids is 4. The largest absolute Gasteiger partial charge is 0.495 e. The van der Waals surface area contributed by atoms with Crippen LogP contribution >= 0.6 is 0 Å². The third kappa shape index (κ3) is 6.50. The predicted molar refractivity (Wildman–Crippen MR) is 172 cm³/mol. The van der Waals surface area contributed by atoms with Crippen molar-refractivity contribution in [3.63, 3.8) is 0 Å². The summed E-state index contributed by atoms with van der Waals surface area (Å²) in [6.07, 6.45) is -6.69. The number of hydrogen-bond donors (Lipinski definition) is 4. The summed E-state index contributed by atoms with van der Waals surface area (Å²) in [5, 5.41) is 37.8. The SMILES string of the molecule is O=C(O)[C@@H]1OB(c2ccc(C(=C(c3ccccc3)c3ccccc3)c3ccc(B4O[C@@H](C(=O)O)[C@H](C(=O)O)O4)cc3)cc2)O[C@H]1C(=O)O. The minimum atomic E-state index is -1.67. The standard InChI is InChI=1S/C34H26B2O12/c37-31(38)27-28(32(39)40)46-35(45-27)23-15-11-21(12-16-23)26(25(19-7-3-1-4-8-19)20-9-5-2-6-10-20)22-13-17-24(18-14-22)36-47-29(33(41)42)30(48-36)34(43)44/h1-18,27-30H,(H,37,38)(H,39,40)(H,41,42)(H,43,44)/t27-,28-,29-,30-/m1/s1. The smallest absolute Gasteiger partial charge is 0.479 e. The fourth-order valence-electron chi connectivity index (χ4n) is 5.68. The number of carbonyl (C=O) groups is 4. The summed E-state index contributed by atoms with van der Waals surface area (Å²) >= 11 is 0. The Kier molecular flexibility index (Phi) is 9.24. The molecule has 2 heterocycles. The molecule has 14 heteroatoms. The Bertz CT molecular complexity index is 1690. The van der Waals surface area contributed by atoms with Crippen molar-refractivity contribution in [3.05, 3.63) is 131 Å². The molecule has 240 valence electrons. The zero-order valence-corrected chi connectivity index (χ0v) is 24.9. The number of benzene rings is 4. The van der Waals surface area contributed by atoms with E-state index in [-0.39, 0.29) is 0 Å². The maximum Gasteiger partial charge on any atom is 0.495 e. The van der Waals surface area contributed by atoms with Gasteiger partial charge in [-0.25, -0.2) is 19.2 Å². The van der Waals surface area contributed by atoms with Crippen molar-refractivity contribution in [3.8, 4) is 0 Å². The Labute approximate surface area is 274 Å². The summed E-state index contributed by atoms with van der Waals surface area (Å²) in [5.74, 6) is -5.79. The van der Waals surface area contributed by atoms with Crippen molar-refractivity contribution in [2.45, 2.75) is 24.4 Å². The monoisotopic (exact) mass is 648 g/mol. The average molecular weight is 648 g/mol. The molecule has 4 atom stereocenters. The molecule has 0 bridgehead atoms. The lowest BCUT2D eigenvalue weighted by molar-refractivity contribution is -0.156. The van der Waals surface area contributed by atoms with Crippen LogP contribution in [-0.2, 0) is 37.8 Å². The van der Waals surface area contributed by atoms with Gasteiger partial charge in [-0.2, -0.15) is 0 Å². The van der Waals surface area contributed by atoms with E-state index in [4.69, 9.17) is 18.6 Å². The Morgan fingerprint density at radius 3 is 0.896 bits per heavy atom. The van der Waals surface area contributed by atoms with Gasteiger partial charge in [0.05, 0.1) is 0 Å². The minimum Gasteiger partial charge on any atom is -0.479 e. The van der Waals surface area contributed by atoms with E-state index < -0.39 is 62.5 Å². The summed E-state index contributed by atoms with van der Waals surface area (Å²) in [6.45, 7) is 0. The van der Waals surface area contributed by atoms with Crippen molar-refractivity contribution in [2.24, 2.45) is 0 Å². The molecule has 0 radical (unpaired) electrons. The zero-order valence-electron chi connectivity index (χ0n) is 24.9. The second-order valence-electron chi connectivity index (χ2n) is 11.0. The number of rotatable bonds is 10. The molecule has 0 spiro atoms. The van der Waals surface area contributed by atoms with E-state index in [2.05, 4.69) is 0 Å². The fraction of sp³-hybridized carbons (Fsp3) is 0.118. The molecule has 2 aliphatic heterocycles. The normalized spacial score (nSPS) is 20.3. The first kappa shape index (κ1) is 32.4. The van der Waals surface area contributed by atoms with E-state index in [0.29, 0.717) is 10.9 Å². The Morgan fingerprint density at radius 2 is 0.646 bits per heavy atom. The Hall–Kier alpha value is -5.53. The lowest BCUT2D eigenvalue weighted by atomic mass is 9.76. The van der Waals surface area contributed by atoms with Gasteiger partial charge in [0.2, 0.25) is 0 Å². The molecule has 12 nitrogen and oxygen atoms in total. The fourth-order valence-corrected chi connectivity index (χ4v) is 5.68. The third-order valence-corrected chi connectivity index (χ3v) is 7.92. The lowest BCUT2D eigenvalue weighted by Gasteiger charge is -2.19. The van der Waals surface area contributed by atoms with Crippen LogP contribution in [0, 0.1) is 0 Å². The summed E-state index contributed by atoms with van der Waals surface area (Å²) in [7, 11) is -2.43. The minimum absolute atomic E-state index is 0.418. The predicted octanol–water partition coefficient (Wildman–Crippen LogP) is 1.99. The van der Waals surface area contributed by atoms with Gasteiger partial charge in [0.15, 0.2) is 24.4 Å². The highest BCUT2D eigenvalue weighted by molar-refractivity contribution is 6.63. The van der Waals surface area contributed by atoms with E-state index in [0.717, 1.165) is 33.4 Å². The van der Waals surface area contributed by atoms with Gasteiger partial charge in [0.1, 0.15) is 0 Å². The molecule has 6 rings (SSSR count). The van der Waals surface area contributed by atoms with Crippen molar-refractivity contribution >= 4 is 60.2 Å². The van der Waals surface area contributed by atoms with Crippen molar-refractivity contribution in [1.29, 1.82) is 0 Å². The summed E-state index contributed by atoms with van der Waals surface area (Å²) in [5.41, 5.74) is 5.77. The van der Waals surface area contributed by atoms with Gasteiger partial charge >= 0.3 is 38.1 Å². The second kappa shape index (κ2) is 13.7. The van der Waals surface area contributed by atoms with Crippen LogP contribution in [0.1, 0.15) is 22.3 Å². The highest BCUT2D eigenvalue weighted by Crippen LogP contribution is 2.36. The molecule has 2 fully saturated rings. The van der Waals surface area contributed by atoms with Gasteiger partial charge < -0.3 is 39.0 Å². The van der Waals surface area contributed by atoms with E-state index in [1.54, 1.807) is 48.5 Å². The van der Waals surface area contributed by atoms with Crippen LogP contribution in [0.3, 0.4) is 0 Å². The molecule has 4 aromatic rings. The van der Waals surface area contributed by atoms with Gasteiger partial charge in [-0.05, 0) is 44.3 Å². The first-order chi connectivity index (χ1) is 23.1. The molecule has 0 unspecified atom stereocenters. The van der Waals surface area contributed by atoms with Gasteiger partial charge in [-0.1, -0.05) is 109 Å².